The third kappa shape index (κ3) is 3.73. The number of aliphatic hydroxyl groups excluding tert-OH is 1. The Kier molecular flexibility index (Phi) is 4.69. The number of rotatable bonds is 4. The summed E-state index contributed by atoms with van der Waals surface area (Å²) in [5.74, 6) is -1.34. The highest BCUT2D eigenvalue weighted by Crippen LogP contribution is 2.14. The van der Waals surface area contributed by atoms with Crippen molar-refractivity contribution in [3.8, 4) is 0 Å². The lowest BCUT2D eigenvalue weighted by Crippen LogP contribution is -2.42. The van der Waals surface area contributed by atoms with Gasteiger partial charge < -0.3 is 9.84 Å². The zero-order valence-electron chi connectivity index (χ0n) is 9.26. The summed E-state index contributed by atoms with van der Waals surface area (Å²) in [7, 11) is -3.58. The average Bonchev–Trinajstić information content (AvgIpc) is 2.17. The van der Waals surface area contributed by atoms with E-state index < -0.39 is 27.8 Å². The Balaban J connectivity index is 2.54. The highest BCUT2D eigenvalue weighted by atomic mass is 32.2. The minimum Gasteiger partial charge on any atom is -0.465 e. The molecule has 0 spiro atoms. The predicted molar refractivity (Wildman–Crippen MR) is 57.2 cm³/mol. The van der Waals surface area contributed by atoms with Gasteiger partial charge in [-0.15, -0.1) is 0 Å². The first kappa shape index (κ1) is 13.4. The van der Waals surface area contributed by atoms with E-state index in [2.05, 4.69) is 4.74 Å². The van der Waals surface area contributed by atoms with Crippen molar-refractivity contribution in [1.82, 2.24) is 4.31 Å². The molecule has 6 nitrogen and oxygen atoms in total. The molecule has 0 aliphatic carbocycles. The van der Waals surface area contributed by atoms with E-state index in [9.17, 15) is 18.3 Å². The van der Waals surface area contributed by atoms with Gasteiger partial charge in [0.25, 0.3) is 0 Å². The Hall–Kier alpha value is -0.660. The molecule has 1 fully saturated rings. The molecule has 1 aliphatic heterocycles. The van der Waals surface area contributed by atoms with Crippen molar-refractivity contribution >= 4 is 16.0 Å². The Morgan fingerprint density at radius 2 is 2.00 bits per heavy atom. The Bertz CT molecular complexity index is 332. The van der Waals surface area contributed by atoms with Gasteiger partial charge >= 0.3 is 5.97 Å². The van der Waals surface area contributed by atoms with Gasteiger partial charge in [0.15, 0.2) is 5.75 Å². The van der Waals surface area contributed by atoms with Crippen LogP contribution in [0, 0.1) is 0 Å². The number of esters is 1. The van der Waals surface area contributed by atoms with Crippen LogP contribution >= 0.6 is 0 Å². The number of ether oxygens (including phenoxy) is 1. The first-order valence-corrected chi connectivity index (χ1v) is 6.88. The van der Waals surface area contributed by atoms with E-state index in [0.29, 0.717) is 12.8 Å². The van der Waals surface area contributed by atoms with Crippen LogP contribution in [-0.4, -0.2) is 55.4 Å². The van der Waals surface area contributed by atoms with E-state index in [1.54, 1.807) is 6.92 Å². The fraction of sp³-hybridized carbons (Fsp3) is 0.889. The summed E-state index contributed by atoms with van der Waals surface area (Å²) in [6.45, 7) is 2.33. The predicted octanol–water partition coefficient (Wildman–Crippen LogP) is -0.664. The van der Waals surface area contributed by atoms with E-state index >= 15 is 0 Å². The molecule has 16 heavy (non-hydrogen) atoms. The molecule has 0 atom stereocenters. The summed E-state index contributed by atoms with van der Waals surface area (Å²) in [6, 6.07) is 0. The number of sulfonamides is 1. The third-order valence-corrected chi connectivity index (χ3v) is 4.17. The fourth-order valence-corrected chi connectivity index (χ4v) is 2.89. The van der Waals surface area contributed by atoms with Crippen LogP contribution in [0.3, 0.4) is 0 Å². The zero-order chi connectivity index (χ0) is 12.2. The Morgan fingerprint density at radius 1 is 1.44 bits per heavy atom. The molecule has 0 aromatic carbocycles. The first-order chi connectivity index (χ1) is 7.45. The standard InChI is InChI=1S/C9H17NO5S/c1-2-15-9(12)7-16(13,14)10-5-3-8(11)4-6-10/h8,11H,2-7H2,1H3. The van der Waals surface area contributed by atoms with Crippen LogP contribution in [0.25, 0.3) is 0 Å². The van der Waals surface area contributed by atoms with E-state index in [4.69, 9.17) is 0 Å². The molecule has 0 radical (unpaired) electrons. The maximum absolute atomic E-state index is 11.7. The maximum Gasteiger partial charge on any atom is 0.322 e. The van der Waals surface area contributed by atoms with Crippen LogP contribution in [0.5, 0.6) is 0 Å². The fourth-order valence-electron chi connectivity index (χ4n) is 1.56. The zero-order valence-corrected chi connectivity index (χ0v) is 10.1. The molecule has 0 amide bonds. The number of aliphatic hydroxyl groups is 1. The summed E-state index contributed by atoms with van der Waals surface area (Å²) in [4.78, 5) is 11.1. The second-order valence-corrected chi connectivity index (χ2v) is 5.66. The van der Waals surface area contributed by atoms with E-state index in [1.807, 2.05) is 0 Å². The minimum atomic E-state index is -3.58. The summed E-state index contributed by atoms with van der Waals surface area (Å²) < 4.78 is 29.3. The molecule has 0 aromatic heterocycles. The van der Waals surface area contributed by atoms with Gasteiger partial charge in [-0.1, -0.05) is 0 Å². The molecule has 1 saturated heterocycles. The second-order valence-electron chi connectivity index (χ2n) is 3.69. The Morgan fingerprint density at radius 3 is 2.50 bits per heavy atom. The van der Waals surface area contributed by atoms with Gasteiger partial charge in [-0.05, 0) is 19.8 Å². The van der Waals surface area contributed by atoms with Gasteiger partial charge in [-0.2, -0.15) is 0 Å². The molecule has 0 unspecified atom stereocenters. The van der Waals surface area contributed by atoms with Crippen LogP contribution in [-0.2, 0) is 19.6 Å². The molecule has 0 aromatic rings. The quantitative estimate of drug-likeness (QED) is 0.670. The topological polar surface area (TPSA) is 83.9 Å². The third-order valence-electron chi connectivity index (χ3n) is 2.42. The van der Waals surface area contributed by atoms with E-state index in [0.717, 1.165) is 0 Å². The van der Waals surface area contributed by atoms with Crippen LogP contribution in [0.2, 0.25) is 0 Å². The lowest BCUT2D eigenvalue weighted by Gasteiger charge is -2.28. The minimum absolute atomic E-state index is 0.174. The largest absolute Gasteiger partial charge is 0.465 e. The number of nitrogens with zero attached hydrogens (tertiary/aromatic N) is 1. The average molecular weight is 251 g/mol. The number of hydrogen-bond donors (Lipinski definition) is 1. The van der Waals surface area contributed by atoms with Gasteiger partial charge in [-0.25, -0.2) is 12.7 Å². The summed E-state index contributed by atoms with van der Waals surface area (Å²) in [5, 5.41) is 9.25. The lowest BCUT2D eigenvalue weighted by atomic mass is 10.1. The molecule has 0 saturated carbocycles. The number of carbonyl (C=O) groups excluding carboxylic acids is 1. The van der Waals surface area contributed by atoms with Crippen LogP contribution in [0.4, 0.5) is 0 Å². The van der Waals surface area contributed by atoms with Crippen molar-refractivity contribution < 1.29 is 23.1 Å². The normalized spacial score (nSPS) is 19.6. The molecule has 94 valence electrons. The molecular formula is C9H17NO5S. The number of carbonyl (C=O) groups is 1. The van der Waals surface area contributed by atoms with Crippen molar-refractivity contribution in [1.29, 1.82) is 0 Å². The van der Waals surface area contributed by atoms with E-state index in [1.165, 1.54) is 4.31 Å². The molecule has 7 heteroatoms. The van der Waals surface area contributed by atoms with Crippen molar-refractivity contribution in [2.24, 2.45) is 0 Å². The molecule has 1 heterocycles. The highest BCUT2D eigenvalue weighted by molar-refractivity contribution is 7.89. The Labute approximate surface area is 95.2 Å². The van der Waals surface area contributed by atoms with Gasteiger partial charge in [-0.3, -0.25) is 4.79 Å². The van der Waals surface area contributed by atoms with Crippen molar-refractivity contribution in [3.05, 3.63) is 0 Å². The van der Waals surface area contributed by atoms with Crippen molar-refractivity contribution in [2.45, 2.75) is 25.9 Å². The van der Waals surface area contributed by atoms with Crippen molar-refractivity contribution in [2.75, 3.05) is 25.4 Å². The van der Waals surface area contributed by atoms with E-state index in [-0.39, 0.29) is 19.7 Å². The van der Waals surface area contributed by atoms with Crippen LogP contribution in [0.15, 0.2) is 0 Å². The maximum atomic E-state index is 11.7. The monoisotopic (exact) mass is 251 g/mol. The summed E-state index contributed by atoms with van der Waals surface area (Å²) >= 11 is 0. The SMILES string of the molecule is CCOC(=O)CS(=O)(=O)N1CCC(O)CC1. The number of piperidine rings is 1. The van der Waals surface area contributed by atoms with Gasteiger partial charge in [0.05, 0.1) is 12.7 Å². The lowest BCUT2D eigenvalue weighted by molar-refractivity contribution is -0.140. The highest BCUT2D eigenvalue weighted by Gasteiger charge is 2.29. The second kappa shape index (κ2) is 5.60. The molecule has 1 N–H and O–H groups in total. The first-order valence-electron chi connectivity index (χ1n) is 5.27. The van der Waals surface area contributed by atoms with Crippen LogP contribution < -0.4 is 0 Å². The van der Waals surface area contributed by atoms with Gasteiger partial charge in [0.2, 0.25) is 10.0 Å². The summed E-state index contributed by atoms with van der Waals surface area (Å²) in [6.07, 6.45) is 0.401. The molecule has 1 aliphatic rings. The van der Waals surface area contributed by atoms with Crippen molar-refractivity contribution in [3.63, 3.8) is 0 Å². The summed E-state index contributed by atoms with van der Waals surface area (Å²) in [5.41, 5.74) is 0. The smallest absolute Gasteiger partial charge is 0.322 e. The van der Waals surface area contributed by atoms with Gasteiger partial charge in [0, 0.05) is 13.1 Å². The molecular weight excluding hydrogens is 234 g/mol. The molecule has 1 rings (SSSR count). The number of hydrogen-bond acceptors (Lipinski definition) is 5. The molecule has 0 bridgehead atoms. The van der Waals surface area contributed by atoms with Gasteiger partial charge in [0.1, 0.15) is 0 Å². The van der Waals surface area contributed by atoms with Crippen LogP contribution in [0.1, 0.15) is 19.8 Å².